The van der Waals surface area contributed by atoms with E-state index in [9.17, 15) is 14.0 Å². The molecule has 0 radical (unpaired) electrons. The van der Waals surface area contributed by atoms with Crippen molar-refractivity contribution in [2.24, 2.45) is 0 Å². The summed E-state index contributed by atoms with van der Waals surface area (Å²) in [6.45, 7) is 3.40. The highest BCUT2D eigenvalue weighted by Crippen LogP contribution is 2.09. The summed E-state index contributed by atoms with van der Waals surface area (Å²) < 4.78 is 12.9. The van der Waals surface area contributed by atoms with Crippen LogP contribution in [0.5, 0.6) is 0 Å². The number of nitrogens with zero attached hydrogens (tertiary/aromatic N) is 1. The molecule has 0 bridgehead atoms. The molecule has 0 spiro atoms. The molecule has 0 aliphatic heterocycles. The molecule has 4 N–H and O–H groups in total. The number of pyridine rings is 1. The molecule has 0 aliphatic carbocycles. The Balaban J connectivity index is 2.60. The second-order valence-corrected chi connectivity index (χ2v) is 3.99. The molecule has 0 saturated carbocycles. The van der Waals surface area contributed by atoms with Crippen molar-refractivity contribution < 1.29 is 14.0 Å². The molecule has 98 valence electrons. The molecule has 0 atom stereocenters. The van der Waals surface area contributed by atoms with Gasteiger partial charge in [0.2, 0.25) is 5.91 Å². The van der Waals surface area contributed by atoms with E-state index in [2.05, 4.69) is 15.6 Å². The van der Waals surface area contributed by atoms with Gasteiger partial charge in [-0.05, 0) is 19.9 Å². The van der Waals surface area contributed by atoms with Gasteiger partial charge in [0.05, 0.1) is 18.3 Å². The second-order valence-electron chi connectivity index (χ2n) is 3.99. The van der Waals surface area contributed by atoms with Crippen LogP contribution in [0.2, 0.25) is 0 Å². The Morgan fingerprint density at radius 2 is 2.17 bits per heavy atom. The number of hydrogen-bond donors (Lipinski definition) is 3. The minimum absolute atomic E-state index is 0.0182. The predicted octanol–water partition coefficient (Wildman–Crippen LogP) is 0.0573. The fourth-order valence-corrected chi connectivity index (χ4v) is 1.26. The monoisotopic (exact) mass is 254 g/mol. The Hall–Kier alpha value is -2.18. The molecule has 1 aromatic heterocycles. The molecule has 0 aromatic carbocycles. The van der Waals surface area contributed by atoms with Crippen LogP contribution in [0.25, 0.3) is 0 Å². The van der Waals surface area contributed by atoms with Gasteiger partial charge < -0.3 is 16.4 Å². The lowest BCUT2D eigenvalue weighted by Gasteiger charge is -2.09. The maximum atomic E-state index is 12.9. The summed E-state index contributed by atoms with van der Waals surface area (Å²) in [6.07, 6.45) is 0.914. The van der Waals surface area contributed by atoms with E-state index in [1.165, 1.54) is 0 Å². The number of amides is 2. The third kappa shape index (κ3) is 4.00. The van der Waals surface area contributed by atoms with E-state index in [-0.39, 0.29) is 29.9 Å². The van der Waals surface area contributed by atoms with Gasteiger partial charge in [0, 0.05) is 6.04 Å². The summed E-state index contributed by atoms with van der Waals surface area (Å²) in [4.78, 5) is 26.4. The number of carbonyl (C=O) groups excluding carboxylic acids is 2. The normalized spacial score (nSPS) is 10.2. The second kappa shape index (κ2) is 5.95. The number of anilines is 1. The van der Waals surface area contributed by atoms with Gasteiger partial charge in [-0.25, -0.2) is 9.37 Å². The predicted molar refractivity (Wildman–Crippen MR) is 64.2 cm³/mol. The molecule has 0 aliphatic rings. The van der Waals surface area contributed by atoms with E-state index < -0.39 is 11.7 Å². The van der Waals surface area contributed by atoms with Crippen LogP contribution in [0.15, 0.2) is 12.3 Å². The van der Waals surface area contributed by atoms with E-state index in [4.69, 9.17) is 5.73 Å². The summed E-state index contributed by atoms with van der Waals surface area (Å²) in [7, 11) is 0. The van der Waals surface area contributed by atoms with Gasteiger partial charge in [-0.1, -0.05) is 0 Å². The number of nitrogens with one attached hydrogen (secondary N) is 2. The van der Waals surface area contributed by atoms with Crippen LogP contribution in [0.1, 0.15) is 24.2 Å². The zero-order valence-corrected chi connectivity index (χ0v) is 10.2. The molecule has 0 saturated heterocycles. The van der Waals surface area contributed by atoms with E-state index in [0.717, 1.165) is 12.3 Å². The number of carbonyl (C=O) groups is 2. The molecule has 0 unspecified atom stereocenters. The third-order valence-electron chi connectivity index (χ3n) is 1.99. The van der Waals surface area contributed by atoms with Crippen molar-refractivity contribution in [1.82, 2.24) is 15.6 Å². The molecule has 6 nitrogen and oxygen atoms in total. The van der Waals surface area contributed by atoms with E-state index in [0.29, 0.717) is 0 Å². The first-order chi connectivity index (χ1) is 8.40. The fraction of sp³-hybridized carbons (Fsp3) is 0.364. The largest absolute Gasteiger partial charge is 0.383 e. The van der Waals surface area contributed by atoms with Gasteiger partial charge in [0.1, 0.15) is 11.6 Å². The first-order valence-corrected chi connectivity index (χ1v) is 5.38. The number of nitrogen functional groups attached to an aromatic ring is 1. The average Bonchev–Trinajstić information content (AvgIpc) is 2.28. The smallest absolute Gasteiger partial charge is 0.255 e. The highest BCUT2D eigenvalue weighted by Gasteiger charge is 2.13. The molecule has 7 heteroatoms. The lowest BCUT2D eigenvalue weighted by Crippen LogP contribution is -2.40. The van der Waals surface area contributed by atoms with Crippen molar-refractivity contribution in [2.75, 3.05) is 12.3 Å². The van der Waals surface area contributed by atoms with Crippen LogP contribution < -0.4 is 16.4 Å². The van der Waals surface area contributed by atoms with Crippen LogP contribution in [-0.4, -0.2) is 29.4 Å². The van der Waals surface area contributed by atoms with Crippen molar-refractivity contribution in [3.8, 4) is 0 Å². The summed E-state index contributed by atoms with van der Waals surface area (Å²) in [6, 6.07) is 0.952. The van der Waals surface area contributed by atoms with Crippen molar-refractivity contribution in [3.05, 3.63) is 23.6 Å². The van der Waals surface area contributed by atoms with Crippen LogP contribution in [0.3, 0.4) is 0 Å². The van der Waals surface area contributed by atoms with Crippen molar-refractivity contribution in [1.29, 1.82) is 0 Å². The van der Waals surface area contributed by atoms with Gasteiger partial charge in [-0.3, -0.25) is 9.59 Å². The SMILES string of the molecule is CC(C)NC(=O)CNC(=O)c1cc(F)cnc1N. The number of hydrogen-bond acceptors (Lipinski definition) is 4. The molecule has 18 heavy (non-hydrogen) atoms. The maximum Gasteiger partial charge on any atom is 0.255 e. The Morgan fingerprint density at radius 1 is 1.50 bits per heavy atom. The Labute approximate surface area is 104 Å². The van der Waals surface area contributed by atoms with Gasteiger partial charge >= 0.3 is 0 Å². The minimum Gasteiger partial charge on any atom is -0.383 e. The average molecular weight is 254 g/mol. The van der Waals surface area contributed by atoms with Crippen LogP contribution in [0, 0.1) is 5.82 Å². The number of rotatable bonds is 4. The molecule has 1 heterocycles. The summed E-state index contributed by atoms with van der Waals surface area (Å²) >= 11 is 0. The van der Waals surface area contributed by atoms with Gasteiger partial charge in [-0.2, -0.15) is 0 Å². The molecule has 2 amide bonds. The van der Waals surface area contributed by atoms with Crippen molar-refractivity contribution in [2.45, 2.75) is 19.9 Å². The highest BCUT2D eigenvalue weighted by molar-refractivity contribution is 5.99. The molecule has 1 aromatic rings. The quantitative estimate of drug-likeness (QED) is 0.707. The maximum absolute atomic E-state index is 12.9. The lowest BCUT2D eigenvalue weighted by atomic mass is 10.2. The Morgan fingerprint density at radius 3 is 2.78 bits per heavy atom. The standard InChI is InChI=1S/C11H15FN4O2/c1-6(2)16-9(17)5-15-11(18)8-3-7(12)4-14-10(8)13/h3-4,6H,5H2,1-2H3,(H2,13,14)(H,15,18)(H,16,17). The third-order valence-corrected chi connectivity index (χ3v) is 1.99. The number of aromatic nitrogens is 1. The molecule has 0 fully saturated rings. The number of nitrogens with two attached hydrogens (primary N) is 1. The topological polar surface area (TPSA) is 97.1 Å². The van der Waals surface area contributed by atoms with Crippen molar-refractivity contribution in [3.63, 3.8) is 0 Å². The van der Waals surface area contributed by atoms with Gasteiger partial charge in [0.25, 0.3) is 5.91 Å². The van der Waals surface area contributed by atoms with Gasteiger partial charge in [0.15, 0.2) is 0 Å². The van der Waals surface area contributed by atoms with Crippen LogP contribution >= 0.6 is 0 Å². The fourth-order valence-electron chi connectivity index (χ4n) is 1.26. The summed E-state index contributed by atoms with van der Waals surface area (Å²) in [5.41, 5.74) is 5.35. The molecule has 1 rings (SSSR count). The first kappa shape index (κ1) is 13.9. The summed E-state index contributed by atoms with van der Waals surface area (Å²) in [5, 5.41) is 4.94. The zero-order valence-electron chi connectivity index (χ0n) is 10.2. The summed E-state index contributed by atoms with van der Waals surface area (Å²) in [5.74, 6) is -1.72. The minimum atomic E-state index is -0.666. The van der Waals surface area contributed by atoms with Gasteiger partial charge in [-0.15, -0.1) is 0 Å². The Bertz CT molecular complexity index is 462. The first-order valence-electron chi connectivity index (χ1n) is 5.38. The Kier molecular flexibility index (Phi) is 4.59. The number of halogens is 1. The van der Waals surface area contributed by atoms with Crippen molar-refractivity contribution >= 4 is 17.6 Å². The highest BCUT2D eigenvalue weighted by atomic mass is 19.1. The van der Waals surface area contributed by atoms with E-state index in [1.54, 1.807) is 13.8 Å². The lowest BCUT2D eigenvalue weighted by molar-refractivity contribution is -0.120. The van der Waals surface area contributed by atoms with Crippen LogP contribution in [-0.2, 0) is 4.79 Å². The molecular weight excluding hydrogens is 239 g/mol. The zero-order chi connectivity index (χ0) is 13.7. The van der Waals surface area contributed by atoms with E-state index in [1.807, 2.05) is 0 Å². The van der Waals surface area contributed by atoms with Crippen LogP contribution in [0.4, 0.5) is 10.2 Å². The molecular formula is C11H15FN4O2. The van der Waals surface area contributed by atoms with E-state index >= 15 is 0 Å².